The highest BCUT2D eigenvalue weighted by molar-refractivity contribution is 5.89. The van der Waals surface area contributed by atoms with E-state index in [-0.39, 0.29) is 5.97 Å². The molecule has 0 amide bonds. The van der Waals surface area contributed by atoms with E-state index in [9.17, 15) is 4.79 Å². The lowest BCUT2D eigenvalue weighted by atomic mass is 9.90. The van der Waals surface area contributed by atoms with E-state index in [1.165, 1.54) is 12.7 Å². The molecule has 0 saturated carbocycles. The topological polar surface area (TPSA) is 38.3 Å². The summed E-state index contributed by atoms with van der Waals surface area (Å²) in [5.74, 6) is -0.290. The van der Waals surface area contributed by atoms with Crippen molar-refractivity contribution >= 4 is 5.97 Å². The Morgan fingerprint density at radius 1 is 1.28 bits per heavy atom. The second-order valence-corrected chi connectivity index (χ2v) is 5.31. The molecule has 0 aliphatic carbocycles. The maximum absolute atomic E-state index is 11.3. The number of carbonyl (C=O) groups is 1. The van der Waals surface area contributed by atoms with Crippen molar-refractivity contribution in [2.75, 3.05) is 13.7 Å². The summed E-state index contributed by atoms with van der Waals surface area (Å²) >= 11 is 0. The molecule has 1 N–H and O–H groups in total. The van der Waals surface area contributed by atoms with Crippen LogP contribution in [0.15, 0.2) is 24.3 Å². The molecule has 0 atom stereocenters. The van der Waals surface area contributed by atoms with Crippen molar-refractivity contribution < 1.29 is 9.53 Å². The normalized spacial score (nSPS) is 11.3. The number of methoxy groups -OCH3 is 1. The van der Waals surface area contributed by atoms with Crippen LogP contribution in [0.4, 0.5) is 0 Å². The number of hydrogen-bond acceptors (Lipinski definition) is 3. The minimum Gasteiger partial charge on any atom is -0.465 e. The van der Waals surface area contributed by atoms with Gasteiger partial charge in [-0.05, 0) is 29.5 Å². The van der Waals surface area contributed by atoms with Crippen molar-refractivity contribution in [2.45, 2.75) is 33.7 Å². The zero-order valence-corrected chi connectivity index (χ0v) is 11.7. The van der Waals surface area contributed by atoms with E-state index in [1.54, 1.807) is 12.1 Å². The number of hydrogen-bond donors (Lipinski definition) is 1. The highest BCUT2D eigenvalue weighted by Gasteiger charge is 2.13. The van der Waals surface area contributed by atoms with Crippen LogP contribution < -0.4 is 5.32 Å². The average Bonchev–Trinajstić information content (AvgIpc) is 2.38. The summed E-state index contributed by atoms with van der Waals surface area (Å²) in [7, 11) is 1.39. The molecule has 0 aliphatic rings. The van der Waals surface area contributed by atoms with Crippen molar-refractivity contribution in [1.29, 1.82) is 0 Å². The maximum Gasteiger partial charge on any atom is 0.337 e. The van der Waals surface area contributed by atoms with Crippen LogP contribution in [0.5, 0.6) is 0 Å². The van der Waals surface area contributed by atoms with Gasteiger partial charge in [-0.2, -0.15) is 0 Å². The van der Waals surface area contributed by atoms with Crippen LogP contribution in [0.1, 0.15) is 43.1 Å². The Morgan fingerprint density at radius 3 is 2.39 bits per heavy atom. The molecule has 1 rings (SSSR count). The van der Waals surface area contributed by atoms with E-state index in [0.717, 1.165) is 19.5 Å². The third kappa shape index (κ3) is 4.49. The van der Waals surface area contributed by atoms with Crippen molar-refractivity contribution in [2.24, 2.45) is 5.41 Å². The SMILES string of the molecule is CCC(C)(C)CNCc1ccc(C(=O)OC)cc1. The Balaban J connectivity index is 2.47. The molecule has 0 heterocycles. The Kier molecular flexibility index (Phi) is 5.35. The van der Waals surface area contributed by atoms with Gasteiger partial charge in [-0.3, -0.25) is 0 Å². The summed E-state index contributed by atoms with van der Waals surface area (Å²) in [4.78, 5) is 11.3. The molecule has 0 aromatic heterocycles. The van der Waals surface area contributed by atoms with Crippen LogP contribution in [-0.2, 0) is 11.3 Å². The van der Waals surface area contributed by atoms with Crippen molar-refractivity contribution in [3.63, 3.8) is 0 Å². The summed E-state index contributed by atoms with van der Waals surface area (Å²) in [5, 5.41) is 3.44. The Morgan fingerprint density at radius 2 is 1.89 bits per heavy atom. The lowest BCUT2D eigenvalue weighted by Gasteiger charge is -2.23. The van der Waals surface area contributed by atoms with Gasteiger partial charge in [0.15, 0.2) is 0 Å². The fraction of sp³-hybridized carbons (Fsp3) is 0.533. The predicted molar refractivity (Wildman–Crippen MR) is 73.6 cm³/mol. The molecule has 3 nitrogen and oxygen atoms in total. The molecule has 1 aromatic rings. The smallest absolute Gasteiger partial charge is 0.337 e. The molecular formula is C15H23NO2. The molecule has 0 saturated heterocycles. The molecule has 0 fully saturated rings. The average molecular weight is 249 g/mol. The molecule has 0 bridgehead atoms. The van der Waals surface area contributed by atoms with Gasteiger partial charge in [0.2, 0.25) is 0 Å². The van der Waals surface area contributed by atoms with Gasteiger partial charge in [-0.25, -0.2) is 4.79 Å². The number of carbonyl (C=O) groups excluding carboxylic acids is 1. The molecule has 0 unspecified atom stereocenters. The highest BCUT2D eigenvalue weighted by atomic mass is 16.5. The largest absolute Gasteiger partial charge is 0.465 e. The van der Waals surface area contributed by atoms with E-state index in [1.807, 2.05) is 12.1 Å². The predicted octanol–water partition coefficient (Wildman–Crippen LogP) is 3.00. The summed E-state index contributed by atoms with van der Waals surface area (Å²) in [5.41, 5.74) is 2.09. The Bertz CT molecular complexity index is 382. The molecule has 18 heavy (non-hydrogen) atoms. The molecule has 0 radical (unpaired) electrons. The molecule has 100 valence electrons. The van der Waals surface area contributed by atoms with Crippen molar-refractivity contribution in [3.8, 4) is 0 Å². The van der Waals surface area contributed by atoms with E-state index in [0.29, 0.717) is 11.0 Å². The first-order chi connectivity index (χ1) is 8.48. The number of rotatable bonds is 6. The first kappa shape index (κ1) is 14.7. The van der Waals surface area contributed by atoms with Gasteiger partial charge < -0.3 is 10.1 Å². The van der Waals surface area contributed by atoms with Crippen LogP contribution in [0, 0.1) is 5.41 Å². The summed E-state index contributed by atoms with van der Waals surface area (Å²) in [6.07, 6.45) is 1.15. The standard InChI is InChI=1S/C15H23NO2/c1-5-15(2,3)11-16-10-12-6-8-13(9-7-12)14(17)18-4/h6-9,16H,5,10-11H2,1-4H3. The number of benzene rings is 1. The Labute approximate surface area is 110 Å². The van der Waals surface area contributed by atoms with Crippen LogP contribution in [0.2, 0.25) is 0 Å². The zero-order valence-electron chi connectivity index (χ0n) is 11.7. The third-order valence-corrected chi connectivity index (χ3v) is 3.26. The summed E-state index contributed by atoms with van der Waals surface area (Å²) in [6, 6.07) is 7.51. The lowest BCUT2D eigenvalue weighted by Crippen LogP contribution is -2.28. The van der Waals surface area contributed by atoms with E-state index < -0.39 is 0 Å². The van der Waals surface area contributed by atoms with Gasteiger partial charge in [0.25, 0.3) is 0 Å². The van der Waals surface area contributed by atoms with Gasteiger partial charge in [-0.1, -0.05) is 32.9 Å². The van der Waals surface area contributed by atoms with Crippen LogP contribution >= 0.6 is 0 Å². The molecule has 0 aliphatic heterocycles. The molecule has 3 heteroatoms. The van der Waals surface area contributed by atoms with E-state index in [2.05, 4.69) is 30.8 Å². The summed E-state index contributed by atoms with van der Waals surface area (Å²) in [6.45, 7) is 8.51. The maximum atomic E-state index is 11.3. The van der Waals surface area contributed by atoms with Crippen molar-refractivity contribution in [3.05, 3.63) is 35.4 Å². The first-order valence-electron chi connectivity index (χ1n) is 6.36. The monoisotopic (exact) mass is 249 g/mol. The third-order valence-electron chi connectivity index (χ3n) is 3.26. The van der Waals surface area contributed by atoms with Crippen molar-refractivity contribution in [1.82, 2.24) is 5.32 Å². The molecular weight excluding hydrogens is 226 g/mol. The van der Waals surface area contributed by atoms with Gasteiger partial charge in [-0.15, -0.1) is 0 Å². The number of ether oxygens (including phenoxy) is 1. The highest BCUT2D eigenvalue weighted by Crippen LogP contribution is 2.17. The minimum absolute atomic E-state index is 0.290. The van der Waals surface area contributed by atoms with Gasteiger partial charge in [0.1, 0.15) is 0 Å². The second-order valence-electron chi connectivity index (χ2n) is 5.31. The second kappa shape index (κ2) is 6.55. The van der Waals surface area contributed by atoms with Crippen LogP contribution in [-0.4, -0.2) is 19.6 Å². The molecule has 1 aromatic carbocycles. The van der Waals surface area contributed by atoms with Gasteiger partial charge in [0.05, 0.1) is 12.7 Å². The summed E-state index contributed by atoms with van der Waals surface area (Å²) < 4.78 is 4.66. The van der Waals surface area contributed by atoms with E-state index in [4.69, 9.17) is 0 Å². The number of nitrogens with one attached hydrogen (secondary N) is 1. The minimum atomic E-state index is -0.290. The fourth-order valence-electron chi connectivity index (χ4n) is 1.55. The number of esters is 1. The first-order valence-corrected chi connectivity index (χ1v) is 6.36. The lowest BCUT2D eigenvalue weighted by molar-refractivity contribution is 0.0600. The van der Waals surface area contributed by atoms with E-state index >= 15 is 0 Å². The Hall–Kier alpha value is -1.35. The quantitative estimate of drug-likeness (QED) is 0.788. The molecule has 0 spiro atoms. The fourth-order valence-corrected chi connectivity index (χ4v) is 1.55. The van der Waals surface area contributed by atoms with Crippen LogP contribution in [0.3, 0.4) is 0 Å². The van der Waals surface area contributed by atoms with Crippen LogP contribution in [0.25, 0.3) is 0 Å². The van der Waals surface area contributed by atoms with Gasteiger partial charge in [0, 0.05) is 13.1 Å². The van der Waals surface area contributed by atoms with Gasteiger partial charge >= 0.3 is 5.97 Å². The zero-order chi connectivity index (χ0) is 13.6.